The Morgan fingerprint density at radius 1 is 1.13 bits per heavy atom. The zero-order valence-electron chi connectivity index (χ0n) is 20.9. The monoisotopic (exact) mass is 560 g/mol. The lowest BCUT2D eigenvalue weighted by molar-refractivity contribution is -0.140. The number of aromatic nitrogens is 5. The lowest BCUT2D eigenvalue weighted by Crippen LogP contribution is -2.36. The summed E-state index contributed by atoms with van der Waals surface area (Å²) in [6, 6.07) is 4.52. The number of carbonyl (C=O) groups is 1. The second-order valence-corrected chi connectivity index (χ2v) is 9.32. The zero-order valence-corrected chi connectivity index (χ0v) is 21.7. The maximum absolute atomic E-state index is 13.4. The molecule has 2 N–H and O–H groups in total. The summed E-state index contributed by atoms with van der Waals surface area (Å²) in [4.78, 5) is 27.0. The predicted molar refractivity (Wildman–Crippen MR) is 137 cm³/mol. The van der Waals surface area contributed by atoms with Gasteiger partial charge in [-0.15, -0.1) is 21.5 Å². The van der Waals surface area contributed by atoms with Crippen molar-refractivity contribution in [3.05, 3.63) is 41.4 Å². The number of anilines is 2. The van der Waals surface area contributed by atoms with E-state index in [0.29, 0.717) is 66.9 Å². The first-order valence-electron chi connectivity index (χ1n) is 11.9. The maximum atomic E-state index is 13.4. The van der Waals surface area contributed by atoms with E-state index in [4.69, 9.17) is 14.1 Å². The number of amides is 2. The van der Waals surface area contributed by atoms with Gasteiger partial charge in [0.25, 0.3) is 5.89 Å². The number of thiazole rings is 1. The molecule has 0 bridgehead atoms. The minimum absolute atomic E-state index is 0.110. The highest BCUT2D eigenvalue weighted by Crippen LogP contribution is 2.40. The van der Waals surface area contributed by atoms with Crippen molar-refractivity contribution in [3.63, 3.8) is 0 Å². The van der Waals surface area contributed by atoms with Crippen LogP contribution in [0.15, 0.2) is 34.2 Å². The van der Waals surface area contributed by atoms with Gasteiger partial charge in [0.15, 0.2) is 5.69 Å². The molecule has 11 nitrogen and oxygen atoms in total. The second kappa shape index (κ2) is 10.9. The van der Waals surface area contributed by atoms with Gasteiger partial charge in [-0.3, -0.25) is 5.32 Å². The lowest BCUT2D eigenvalue weighted by atomic mass is 10.0. The SMILES string of the molecule is CCNC(=O)Nc1cc(-c2nc(C(F)(F)F)cs2)c(-c2cc(-c3nnc(C)o3)nc(N3CCOCC3)c2)cn1. The van der Waals surface area contributed by atoms with Crippen LogP contribution in [0.4, 0.5) is 29.6 Å². The molecule has 0 atom stereocenters. The molecule has 4 aromatic rings. The van der Waals surface area contributed by atoms with Crippen LogP contribution in [0.3, 0.4) is 0 Å². The van der Waals surface area contributed by atoms with E-state index in [1.807, 2.05) is 11.0 Å². The van der Waals surface area contributed by atoms with Crippen molar-refractivity contribution in [1.82, 2.24) is 30.5 Å². The maximum Gasteiger partial charge on any atom is 0.434 e. The topological polar surface area (TPSA) is 131 Å². The minimum atomic E-state index is -4.60. The molecule has 39 heavy (non-hydrogen) atoms. The number of morpholine rings is 1. The van der Waals surface area contributed by atoms with Gasteiger partial charge in [-0.2, -0.15) is 13.2 Å². The summed E-state index contributed by atoms with van der Waals surface area (Å²) in [5.41, 5.74) is 0.806. The van der Waals surface area contributed by atoms with Crippen LogP contribution in [0.25, 0.3) is 33.3 Å². The third-order valence-corrected chi connectivity index (χ3v) is 6.59. The summed E-state index contributed by atoms with van der Waals surface area (Å²) in [5.74, 6) is 1.31. The van der Waals surface area contributed by atoms with Crippen LogP contribution in [0.2, 0.25) is 0 Å². The van der Waals surface area contributed by atoms with Crippen molar-refractivity contribution in [3.8, 4) is 33.3 Å². The number of nitrogens with one attached hydrogen (secondary N) is 2. The summed E-state index contributed by atoms with van der Waals surface area (Å²) in [5, 5.41) is 14.2. The van der Waals surface area contributed by atoms with E-state index < -0.39 is 17.9 Å². The van der Waals surface area contributed by atoms with Crippen molar-refractivity contribution in [1.29, 1.82) is 0 Å². The third-order valence-electron chi connectivity index (χ3n) is 5.71. The number of hydrogen-bond donors (Lipinski definition) is 2. The normalized spacial score (nSPS) is 13.9. The number of ether oxygens (including phenoxy) is 1. The lowest BCUT2D eigenvalue weighted by Gasteiger charge is -2.28. The van der Waals surface area contributed by atoms with Gasteiger partial charge in [-0.05, 0) is 30.7 Å². The van der Waals surface area contributed by atoms with E-state index in [2.05, 4.69) is 30.8 Å². The number of nitrogens with zero attached hydrogens (tertiary/aromatic N) is 6. The molecule has 4 aromatic heterocycles. The van der Waals surface area contributed by atoms with Crippen LogP contribution in [0.5, 0.6) is 0 Å². The fourth-order valence-corrected chi connectivity index (χ4v) is 4.77. The van der Waals surface area contributed by atoms with Gasteiger partial charge >= 0.3 is 12.2 Å². The molecule has 0 aromatic carbocycles. The van der Waals surface area contributed by atoms with Gasteiger partial charge in [-0.25, -0.2) is 19.7 Å². The Hall–Kier alpha value is -4.11. The van der Waals surface area contributed by atoms with Gasteiger partial charge in [0.1, 0.15) is 22.3 Å². The van der Waals surface area contributed by atoms with E-state index in [-0.39, 0.29) is 16.7 Å². The standard InChI is InChI=1S/C24H23F3N8O3S/c1-3-28-23(36)32-19-10-15(22-31-18(12-39-22)24(25,26)27)16(11-29-19)14-8-17(21-34-33-13(2)38-21)30-20(9-14)35-4-6-37-7-5-35/h8-12H,3-7H2,1-2H3,(H2,28,29,32,36). The first-order valence-corrected chi connectivity index (χ1v) is 12.8. The van der Waals surface area contributed by atoms with Gasteiger partial charge < -0.3 is 19.4 Å². The van der Waals surface area contributed by atoms with Crippen molar-refractivity contribution in [2.24, 2.45) is 0 Å². The highest BCUT2D eigenvalue weighted by molar-refractivity contribution is 7.13. The molecular weight excluding hydrogens is 537 g/mol. The van der Waals surface area contributed by atoms with Gasteiger partial charge in [0.2, 0.25) is 5.89 Å². The Morgan fingerprint density at radius 2 is 1.92 bits per heavy atom. The second-order valence-electron chi connectivity index (χ2n) is 8.46. The average molecular weight is 561 g/mol. The molecule has 0 unspecified atom stereocenters. The van der Waals surface area contributed by atoms with E-state index in [9.17, 15) is 18.0 Å². The Balaban J connectivity index is 1.66. The molecule has 1 aliphatic rings. The van der Waals surface area contributed by atoms with E-state index in [1.54, 1.807) is 19.9 Å². The third kappa shape index (κ3) is 5.98. The van der Waals surface area contributed by atoms with Crippen molar-refractivity contribution >= 4 is 29.0 Å². The van der Waals surface area contributed by atoms with Crippen molar-refractivity contribution in [2.75, 3.05) is 43.1 Å². The summed E-state index contributed by atoms with van der Waals surface area (Å²) >= 11 is 0.842. The van der Waals surface area contributed by atoms with E-state index in [0.717, 1.165) is 16.7 Å². The molecule has 1 saturated heterocycles. The Morgan fingerprint density at radius 3 is 2.59 bits per heavy atom. The number of carbonyl (C=O) groups excluding carboxylic acids is 1. The molecule has 1 aliphatic heterocycles. The molecule has 2 amide bonds. The highest BCUT2D eigenvalue weighted by atomic mass is 32.1. The fourth-order valence-electron chi connectivity index (χ4n) is 3.92. The molecule has 5 heterocycles. The van der Waals surface area contributed by atoms with Crippen molar-refractivity contribution < 1.29 is 27.1 Å². The predicted octanol–water partition coefficient (Wildman–Crippen LogP) is 4.62. The molecule has 5 rings (SSSR count). The summed E-state index contributed by atoms with van der Waals surface area (Å²) in [6.45, 7) is 6.04. The van der Waals surface area contributed by atoms with Gasteiger partial charge in [0, 0.05) is 49.3 Å². The summed E-state index contributed by atoms with van der Waals surface area (Å²) < 4.78 is 51.3. The number of pyridine rings is 2. The Labute approximate surface area is 224 Å². The summed E-state index contributed by atoms with van der Waals surface area (Å²) in [7, 11) is 0. The molecule has 0 radical (unpaired) electrons. The average Bonchev–Trinajstić information content (AvgIpc) is 3.59. The molecule has 0 saturated carbocycles. The first-order chi connectivity index (χ1) is 18.7. The first kappa shape index (κ1) is 26.5. The number of urea groups is 1. The molecule has 15 heteroatoms. The van der Waals surface area contributed by atoms with E-state index >= 15 is 0 Å². The highest BCUT2D eigenvalue weighted by Gasteiger charge is 2.34. The fraction of sp³-hybridized carbons (Fsp3) is 0.333. The smallest absolute Gasteiger partial charge is 0.420 e. The number of aryl methyl sites for hydroxylation is 1. The van der Waals surface area contributed by atoms with Crippen LogP contribution in [0, 0.1) is 6.92 Å². The van der Waals surface area contributed by atoms with Crippen LogP contribution >= 0.6 is 11.3 Å². The van der Waals surface area contributed by atoms with Gasteiger partial charge in [0.05, 0.1) is 13.2 Å². The Bertz CT molecular complexity index is 1480. The van der Waals surface area contributed by atoms with Crippen LogP contribution in [-0.4, -0.2) is 64.0 Å². The van der Waals surface area contributed by atoms with Crippen molar-refractivity contribution in [2.45, 2.75) is 20.0 Å². The van der Waals surface area contributed by atoms with Crippen LogP contribution < -0.4 is 15.5 Å². The molecule has 0 aliphatic carbocycles. The molecular formula is C24H23F3N8O3S. The zero-order chi connectivity index (χ0) is 27.6. The molecule has 204 valence electrons. The number of alkyl halides is 3. The van der Waals surface area contributed by atoms with Gasteiger partial charge in [-0.1, -0.05) is 0 Å². The largest absolute Gasteiger partial charge is 0.434 e. The number of halogens is 3. The molecule has 1 fully saturated rings. The number of rotatable bonds is 6. The van der Waals surface area contributed by atoms with Crippen LogP contribution in [-0.2, 0) is 10.9 Å². The molecule has 0 spiro atoms. The minimum Gasteiger partial charge on any atom is -0.420 e. The summed E-state index contributed by atoms with van der Waals surface area (Å²) in [6.07, 6.45) is -3.12. The quantitative estimate of drug-likeness (QED) is 0.347. The Kier molecular flexibility index (Phi) is 7.43. The number of hydrogen-bond acceptors (Lipinski definition) is 10. The van der Waals surface area contributed by atoms with E-state index in [1.165, 1.54) is 12.3 Å². The van der Waals surface area contributed by atoms with Crippen LogP contribution in [0.1, 0.15) is 18.5 Å².